The Hall–Kier alpha value is -2.03. The van der Waals surface area contributed by atoms with Crippen molar-refractivity contribution in [2.75, 3.05) is 13.7 Å². The van der Waals surface area contributed by atoms with Crippen LogP contribution in [-0.2, 0) is 4.79 Å². The number of rotatable bonds is 6. The third-order valence-electron chi connectivity index (χ3n) is 4.76. The molecule has 3 rings (SSSR count). The summed E-state index contributed by atoms with van der Waals surface area (Å²) in [6, 6.07) is 3.35. The van der Waals surface area contributed by atoms with E-state index in [4.69, 9.17) is 9.47 Å². The average Bonchev–Trinajstić information content (AvgIpc) is 2.94. The van der Waals surface area contributed by atoms with E-state index in [1.165, 1.54) is 11.3 Å². The third kappa shape index (κ3) is 4.28. The quantitative estimate of drug-likeness (QED) is 0.287. The van der Waals surface area contributed by atoms with E-state index < -0.39 is 0 Å². The molecule has 0 spiro atoms. The number of carbonyl (C=O) groups excluding carboxylic acids is 2. The maximum Gasteiger partial charge on any atom is 0.329 e. The molecular weight excluding hydrogens is 459 g/mol. The number of nitrogens with one attached hydrogen (secondary N) is 1. The standard InChI is InChI=1S/C20H23IN2O4/c1-3-9-27-18-15(21)10-13(12-17(18)26-2)11-16-19(24)23(20(25)22-16)14-7-5-4-6-8-14/h3,10-12,14H,1,4-9H2,2H3,(H,22,25)/b16-11-. The summed E-state index contributed by atoms with van der Waals surface area (Å²) in [6.45, 7) is 4.02. The largest absolute Gasteiger partial charge is 0.493 e. The van der Waals surface area contributed by atoms with Crippen molar-refractivity contribution >= 4 is 40.6 Å². The number of amides is 3. The molecule has 6 nitrogen and oxygen atoms in total. The molecule has 0 unspecified atom stereocenters. The number of halogens is 1. The van der Waals surface area contributed by atoms with Gasteiger partial charge in [0, 0.05) is 6.04 Å². The van der Waals surface area contributed by atoms with E-state index in [0.717, 1.165) is 34.8 Å². The molecule has 3 amide bonds. The molecule has 1 aromatic carbocycles. The lowest BCUT2D eigenvalue weighted by atomic mass is 9.94. The van der Waals surface area contributed by atoms with Crippen molar-refractivity contribution in [3.63, 3.8) is 0 Å². The molecule has 0 atom stereocenters. The van der Waals surface area contributed by atoms with Crippen LogP contribution >= 0.6 is 22.6 Å². The van der Waals surface area contributed by atoms with Crippen LogP contribution in [0.1, 0.15) is 37.7 Å². The highest BCUT2D eigenvalue weighted by atomic mass is 127. The first-order valence-corrected chi connectivity index (χ1v) is 10.1. The molecule has 2 fully saturated rings. The van der Waals surface area contributed by atoms with Gasteiger partial charge in [-0.3, -0.25) is 9.69 Å². The predicted molar refractivity (Wildman–Crippen MR) is 112 cm³/mol. The average molecular weight is 482 g/mol. The van der Waals surface area contributed by atoms with Crippen molar-refractivity contribution in [1.82, 2.24) is 10.2 Å². The fourth-order valence-corrected chi connectivity index (χ4v) is 4.27. The van der Waals surface area contributed by atoms with Gasteiger partial charge in [-0.2, -0.15) is 0 Å². The zero-order chi connectivity index (χ0) is 19.4. The number of ether oxygens (including phenoxy) is 2. The Morgan fingerprint density at radius 1 is 1.30 bits per heavy atom. The summed E-state index contributed by atoms with van der Waals surface area (Å²) in [5.41, 5.74) is 1.06. The number of benzene rings is 1. The number of carbonyl (C=O) groups is 2. The highest BCUT2D eigenvalue weighted by Crippen LogP contribution is 2.35. The van der Waals surface area contributed by atoms with E-state index in [2.05, 4.69) is 34.5 Å². The zero-order valence-corrected chi connectivity index (χ0v) is 17.5. The number of hydrogen-bond acceptors (Lipinski definition) is 4. The second kappa shape index (κ2) is 8.77. The maximum atomic E-state index is 12.8. The molecular formula is C20H23IN2O4. The highest BCUT2D eigenvalue weighted by molar-refractivity contribution is 14.1. The van der Waals surface area contributed by atoms with Crippen LogP contribution in [0.2, 0.25) is 0 Å². The minimum atomic E-state index is -0.328. The summed E-state index contributed by atoms with van der Waals surface area (Å²) < 4.78 is 11.9. The van der Waals surface area contributed by atoms with Crippen LogP contribution in [-0.4, -0.2) is 36.6 Å². The van der Waals surface area contributed by atoms with Crippen molar-refractivity contribution < 1.29 is 19.1 Å². The fourth-order valence-electron chi connectivity index (χ4n) is 3.49. The molecule has 1 aliphatic carbocycles. The molecule has 1 heterocycles. The molecule has 1 aromatic rings. The Morgan fingerprint density at radius 2 is 2.04 bits per heavy atom. The van der Waals surface area contributed by atoms with Crippen molar-refractivity contribution in [3.05, 3.63) is 39.6 Å². The summed E-state index contributed by atoms with van der Waals surface area (Å²) in [4.78, 5) is 26.5. The highest BCUT2D eigenvalue weighted by Gasteiger charge is 2.38. The summed E-state index contributed by atoms with van der Waals surface area (Å²) in [7, 11) is 1.57. The van der Waals surface area contributed by atoms with Crippen LogP contribution in [0.4, 0.5) is 4.79 Å². The molecule has 1 saturated carbocycles. The van der Waals surface area contributed by atoms with E-state index in [9.17, 15) is 9.59 Å². The van der Waals surface area contributed by atoms with Gasteiger partial charge in [0.15, 0.2) is 11.5 Å². The van der Waals surface area contributed by atoms with Gasteiger partial charge in [-0.05, 0) is 59.2 Å². The van der Waals surface area contributed by atoms with Gasteiger partial charge in [0.2, 0.25) is 0 Å². The second-order valence-corrected chi connectivity index (χ2v) is 7.75. The molecule has 27 heavy (non-hydrogen) atoms. The van der Waals surface area contributed by atoms with Crippen molar-refractivity contribution in [2.24, 2.45) is 0 Å². The molecule has 1 saturated heterocycles. The first kappa shape index (κ1) is 19.7. The predicted octanol–water partition coefficient (Wildman–Crippen LogP) is 4.09. The smallest absolute Gasteiger partial charge is 0.329 e. The summed E-state index contributed by atoms with van der Waals surface area (Å²) in [6.07, 6.45) is 8.40. The Bertz CT molecular complexity index is 784. The van der Waals surface area contributed by atoms with E-state index >= 15 is 0 Å². The van der Waals surface area contributed by atoms with Gasteiger partial charge in [0.25, 0.3) is 5.91 Å². The molecule has 1 aliphatic heterocycles. The van der Waals surface area contributed by atoms with Gasteiger partial charge in [0.05, 0.1) is 10.7 Å². The monoisotopic (exact) mass is 482 g/mol. The van der Waals surface area contributed by atoms with E-state index in [-0.39, 0.29) is 18.0 Å². The van der Waals surface area contributed by atoms with Crippen LogP contribution in [0.3, 0.4) is 0 Å². The lowest BCUT2D eigenvalue weighted by Crippen LogP contribution is -2.41. The first-order valence-electron chi connectivity index (χ1n) is 9.02. The maximum absolute atomic E-state index is 12.8. The Labute approximate surface area is 172 Å². The number of methoxy groups -OCH3 is 1. The van der Waals surface area contributed by atoms with Crippen molar-refractivity contribution in [2.45, 2.75) is 38.1 Å². The Morgan fingerprint density at radius 3 is 2.70 bits per heavy atom. The van der Waals surface area contributed by atoms with Gasteiger partial charge >= 0.3 is 6.03 Å². The van der Waals surface area contributed by atoms with Crippen LogP contribution in [0.25, 0.3) is 6.08 Å². The zero-order valence-electron chi connectivity index (χ0n) is 15.3. The van der Waals surface area contributed by atoms with Crippen LogP contribution in [0, 0.1) is 3.57 Å². The summed E-state index contributed by atoms with van der Waals surface area (Å²) >= 11 is 2.16. The van der Waals surface area contributed by atoms with Crippen molar-refractivity contribution in [1.29, 1.82) is 0 Å². The van der Waals surface area contributed by atoms with Crippen LogP contribution < -0.4 is 14.8 Å². The minimum absolute atomic E-state index is 0.00139. The number of nitrogens with zero attached hydrogens (tertiary/aromatic N) is 1. The normalized spacial score (nSPS) is 19.3. The third-order valence-corrected chi connectivity index (χ3v) is 5.56. The van der Waals surface area contributed by atoms with Gasteiger partial charge in [-0.25, -0.2) is 4.79 Å². The van der Waals surface area contributed by atoms with E-state index in [1.54, 1.807) is 25.3 Å². The van der Waals surface area contributed by atoms with Crippen LogP contribution in [0.5, 0.6) is 11.5 Å². The van der Waals surface area contributed by atoms with Crippen molar-refractivity contribution in [3.8, 4) is 11.5 Å². The number of hydrogen-bond donors (Lipinski definition) is 1. The molecule has 0 aromatic heterocycles. The lowest BCUT2D eigenvalue weighted by Gasteiger charge is -2.28. The first-order chi connectivity index (χ1) is 13.0. The molecule has 1 N–H and O–H groups in total. The topological polar surface area (TPSA) is 67.9 Å². The molecule has 0 radical (unpaired) electrons. The summed E-state index contributed by atoms with van der Waals surface area (Å²) in [5.74, 6) is 0.940. The molecule has 0 bridgehead atoms. The van der Waals surface area contributed by atoms with Gasteiger partial charge in [0.1, 0.15) is 12.3 Å². The number of urea groups is 1. The van der Waals surface area contributed by atoms with Gasteiger partial charge < -0.3 is 14.8 Å². The van der Waals surface area contributed by atoms with Crippen LogP contribution in [0.15, 0.2) is 30.5 Å². The Kier molecular flexibility index (Phi) is 6.41. The fraction of sp³-hybridized carbons (Fsp3) is 0.400. The SMILES string of the molecule is C=CCOc1c(I)cc(/C=C2\NC(=O)N(C3CCCCC3)C2=O)cc1OC. The summed E-state index contributed by atoms with van der Waals surface area (Å²) in [5, 5.41) is 2.72. The van der Waals surface area contributed by atoms with Gasteiger partial charge in [-0.1, -0.05) is 31.9 Å². The van der Waals surface area contributed by atoms with E-state index in [1.807, 2.05) is 6.07 Å². The lowest BCUT2D eigenvalue weighted by molar-refractivity contribution is -0.124. The van der Waals surface area contributed by atoms with Gasteiger partial charge in [-0.15, -0.1) is 0 Å². The minimum Gasteiger partial charge on any atom is -0.493 e. The molecule has 2 aliphatic rings. The second-order valence-electron chi connectivity index (χ2n) is 6.59. The number of imide groups is 1. The molecule has 7 heteroatoms. The Balaban J connectivity index is 1.85. The molecule has 144 valence electrons. The van der Waals surface area contributed by atoms with E-state index in [0.29, 0.717) is 23.8 Å².